The number of benzene rings is 1. The normalized spacial score (nSPS) is 14.0. The molecule has 0 spiro atoms. The van der Waals surface area contributed by atoms with Crippen LogP contribution < -0.4 is 16.0 Å². The van der Waals surface area contributed by atoms with Crippen LogP contribution in [-0.2, 0) is 6.42 Å². The van der Waals surface area contributed by atoms with Crippen LogP contribution in [0.4, 0.5) is 16.2 Å². The third-order valence-corrected chi connectivity index (χ3v) is 3.02. The monoisotopic (exact) mass is 233 g/mol. The van der Waals surface area contributed by atoms with Gasteiger partial charge < -0.3 is 11.1 Å². The second kappa shape index (κ2) is 4.28. The molecule has 4 nitrogen and oxygen atoms in total. The average molecular weight is 233 g/mol. The van der Waals surface area contributed by atoms with Crippen molar-refractivity contribution in [3.8, 4) is 0 Å². The predicted molar refractivity (Wildman–Crippen MR) is 70.3 cm³/mol. The molecule has 0 atom stereocenters. The number of carbonyl (C=O) groups excluding carboxylic acids is 1. The van der Waals surface area contributed by atoms with E-state index in [2.05, 4.69) is 11.4 Å². The number of fused-ring (bicyclic) bond motifs is 1. The zero-order valence-corrected chi connectivity index (χ0v) is 10.6. The maximum Gasteiger partial charge on any atom is 0.322 e. The smallest absolute Gasteiger partial charge is 0.322 e. The molecule has 0 saturated heterocycles. The van der Waals surface area contributed by atoms with Gasteiger partial charge in [0.25, 0.3) is 0 Å². The van der Waals surface area contributed by atoms with E-state index < -0.39 is 0 Å². The summed E-state index contributed by atoms with van der Waals surface area (Å²) in [4.78, 5) is 13.8. The van der Waals surface area contributed by atoms with Gasteiger partial charge in [0.15, 0.2) is 0 Å². The van der Waals surface area contributed by atoms with E-state index in [1.54, 1.807) is 4.90 Å². The molecule has 17 heavy (non-hydrogen) atoms. The lowest BCUT2D eigenvalue weighted by molar-refractivity contribution is 0.244. The molecule has 1 aliphatic rings. The second-order valence-corrected chi connectivity index (χ2v) is 4.84. The Hall–Kier alpha value is -1.71. The number of nitrogens with zero attached hydrogens (tertiary/aromatic N) is 1. The highest BCUT2D eigenvalue weighted by atomic mass is 16.2. The van der Waals surface area contributed by atoms with E-state index in [-0.39, 0.29) is 12.1 Å². The van der Waals surface area contributed by atoms with Gasteiger partial charge in [-0.1, -0.05) is 6.07 Å². The Labute approximate surface area is 102 Å². The number of hydrogen-bond acceptors (Lipinski definition) is 2. The lowest BCUT2D eigenvalue weighted by atomic mass is 10.1. The van der Waals surface area contributed by atoms with E-state index in [4.69, 9.17) is 5.73 Å². The summed E-state index contributed by atoms with van der Waals surface area (Å²) in [5.41, 5.74) is 9.87. The van der Waals surface area contributed by atoms with E-state index in [9.17, 15) is 4.79 Å². The van der Waals surface area contributed by atoms with Crippen LogP contribution in [-0.4, -0.2) is 18.6 Å². The zero-order chi connectivity index (χ0) is 12.6. The van der Waals surface area contributed by atoms with E-state index in [0.717, 1.165) is 29.9 Å². The minimum absolute atomic E-state index is 0.0398. The van der Waals surface area contributed by atoms with Crippen molar-refractivity contribution in [3.63, 3.8) is 0 Å². The fourth-order valence-electron chi connectivity index (χ4n) is 2.11. The van der Waals surface area contributed by atoms with E-state index >= 15 is 0 Å². The van der Waals surface area contributed by atoms with Gasteiger partial charge in [0.05, 0.1) is 5.69 Å². The number of aryl methyl sites for hydroxylation is 1. The molecule has 3 N–H and O–H groups in total. The largest absolute Gasteiger partial charge is 0.398 e. The molecule has 0 aromatic heterocycles. The molecular weight excluding hydrogens is 214 g/mol. The van der Waals surface area contributed by atoms with Gasteiger partial charge in [0.1, 0.15) is 0 Å². The quantitative estimate of drug-likeness (QED) is 0.729. The van der Waals surface area contributed by atoms with Gasteiger partial charge >= 0.3 is 6.03 Å². The molecule has 0 radical (unpaired) electrons. The summed E-state index contributed by atoms with van der Waals surface area (Å²) in [6, 6.07) is 4.08. The number of hydrogen-bond donors (Lipinski definition) is 2. The molecule has 0 fully saturated rings. The molecule has 0 aliphatic carbocycles. The van der Waals surface area contributed by atoms with Crippen molar-refractivity contribution in [3.05, 3.63) is 23.3 Å². The molecule has 0 bridgehead atoms. The molecule has 0 saturated carbocycles. The van der Waals surface area contributed by atoms with Crippen molar-refractivity contribution >= 4 is 17.4 Å². The van der Waals surface area contributed by atoms with Gasteiger partial charge in [-0.2, -0.15) is 0 Å². The molecule has 1 heterocycles. The summed E-state index contributed by atoms with van der Waals surface area (Å²) < 4.78 is 0. The highest BCUT2D eigenvalue weighted by molar-refractivity contribution is 5.95. The van der Waals surface area contributed by atoms with E-state index in [1.165, 1.54) is 5.56 Å². The number of rotatable bonds is 1. The first-order valence-corrected chi connectivity index (χ1v) is 5.96. The minimum atomic E-state index is -0.0398. The van der Waals surface area contributed by atoms with Crippen LogP contribution in [0.25, 0.3) is 0 Å². The maximum atomic E-state index is 12.0. The van der Waals surface area contributed by atoms with Crippen molar-refractivity contribution in [2.45, 2.75) is 33.2 Å². The van der Waals surface area contributed by atoms with Gasteiger partial charge in [0.2, 0.25) is 0 Å². The molecule has 1 aromatic carbocycles. The first-order chi connectivity index (χ1) is 7.99. The highest BCUT2D eigenvalue weighted by Crippen LogP contribution is 2.31. The first-order valence-electron chi connectivity index (χ1n) is 5.96. The Morgan fingerprint density at radius 1 is 1.47 bits per heavy atom. The number of nitrogen functional groups attached to an aromatic ring is 1. The van der Waals surface area contributed by atoms with Crippen molar-refractivity contribution in [1.29, 1.82) is 0 Å². The summed E-state index contributed by atoms with van der Waals surface area (Å²) >= 11 is 0. The van der Waals surface area contributed by atoms with Crippen molar-refractivity contribution in [1.82, 2.24) is 5.32 Å². The van der Waals surface area contributed by atoms with Crippen LogP contribution in [0.5, 0.6) is 0 Å². The van der Waals surface area contributed by atoms with Gasteiger partial charge in [0, 0.05) is 18.3 Å². The minimum Gasteiger partial charge on any atom is -0.398 e. The second-order valence-electron chi connectivity index (χ2n) is 4.84. The van der Waals surface area contributed by atoms with Crippen LogP contribution in [0.1, 0.15) is 25.0 Å². The molecule has 1 aromatic rings. The highest BCUT2D eigenvalue weighted by Gasteiger charge is 2.25. The lowest BCUT2D eigenvalue weighted by Crippen LogP contribution is -2.42. The Kier molecular flexibility index (Phi) is 2.96. The lowest BCUT2D eigenvalue weighted by Gasteiger charge is -2.20. The SMILES string of the molecule is Cc1cc2c(cc1N)N(C(=O)NC(C)C)CC2. The Bertz CT molecular complexity index is 454. The standard InChI is InChI=1S/C13H19N3O/c1-8(2)15-13(17)16-5-4-10-6-9(3)11(14)7-12(10)16/h6-8H,4-5,14H2,1-3H3,(H,15,17). The Morgan fingerprint density at radius 2 is 2.18 bits per heavy atom. The fraction of sp³-hybridized carbons (Fsp3) is 0.462. The molecule has 4 heteroatoms. The third-order valence-electron chi connectivity index (χ3n) is 3.02. The third kappa shape index (κ3) is 2.20. The van der Waals surface area contributed by atoms with Gasteiger partial charge in [-0.25, -0.2) is 4.79 Å². The number of nitrogens with one attached hydrogen (secondary N) is 1. The molecular formula is C13H19N3O. The van der Waals surface area contributed by atoms with Crippen LogP contribution >= 0.6 is 0 Å². The molecule has 0 unspecified atom stereocenters. The maximum absolute atomic E-state index is 12.0. The van der Waals surface area contributed by atoms with Gasteiger partial charge in [-0.05, 0) is 44.4 Å². The Balaban J connectivity index is 2.27. The molecule has 2 amide bonds. The Morgan fingerprint density at radius 3 is 2.82 bits per heavy atom. The first kappa shape index (κ1) is 11.8. The molecule has 92 valence electrons. The van der Waals surface area contributed by atoms with Crippen LogP contribution in [0, 0.1) is 6.92 Å². The molecule has 2 rings (SSSR count). The van der Waals surface area contributed by atoms with Gasteiger partial charge in [-0.15, -0.1) is 0 Å². The van der Waals surface area contributed by atoms with Crippen molar-refractivity contribution in [2.75, 3.05) is 17.2 Å². The zero-order valence-electron chi connectivity index (χ0n) is 10.6. The summed E-state index contributed by atoms with van der Waals surface area (Å²) in [7, 11) is 0. The summed E-state index contributed by atoms with van der Waals surface area (Å²) in [6.07, 6.45) is 0.905. The van der Waals surface area contributed by atoms with Crippen molar-refractivity contribution < 1.29 is 4.79 Å². The molecule has 1 aliphatic heterocycles. The summed E-state index contributed by atoms with van der Waals surface area (Å²) in [6.45, 7) is 6.64. The topological polar surface area (TPSA) is 58.4 Å². The van der Waals surface area contributed by atoms with Gasteiger partial charge in [-0.3, -0.25) is 4.90 Å². The van der Waals surface area contributed by atoms with Crippen molar-refractivity contribution in [2.24, 2.45) is 0 Å². The number of anilines is 2. The number of amides is 2. The fourth-order valence-corrected chi connectivity index (χ4v) is 2.11. The average Bonchev–Trinajstić information content (AvgIpc) is 2.60. The van der Waals surface area contributed by atoms with Crippen LogP contribution in [0.15, 0.2) is 12.1 Å². The number of nitrogens with two attached hydrogens (primary N) is 1. The number of urea groups is 1. The van der Waals surface area contributed by atoms with Crippen LogP contribution in [0.2, 0.25) is 0 Å². The summed E-state index contributed by atoms with van der Waals surface area (Å²) in [5.74, 6) is 0. The van der Waals surface area contributed by atoms with E-state index in [1.807, 2.05) is 26.8 Å². The number of carbonyl (C=O) groups is 1. The predicted octanol–water partition coefficient (Wildman–Crippen LogP) is 2.06. The summed E-state index contributed by atoms with van der Waals surface area (Å²) in [5, 5.41) is 2.91. The van der Waals surface area contributed by atoms with E-state index in [0.29, 0.717) is 0 Å². The van der Waals surface area contributed by atoms with Crippen LogP contribution in [0.3, 0.4) is 0 Å².